The molecule has 0 spiro atoms. The molecule has 0 saturated heterocycles. The molecule has 0 amide bonds. The molecule has 4 heteroatoms. The van der Waals surface area contributed by atoms with Crippen LogP contribution >= 0.6 is 11.6 Å². The number of benzene rings is 2. The van der Waals surface area contributed by atoms with Crippen molar-refractivity contribution in [3.63, 3.8) is 0 Å². The molecule has 0 fully saturated rings. The SMILES string of the molecule is Clc1ccccc1Oc1cnn(Cc2ccccc2)c1. The molecule has 3 nitrogen and oxygen atoms in total. The van der Waals surface area contributed by atoms with Crippen molar-refractivity contribution in [2.24, 2.45) is 0 Å². The molecule has 0 aliphatic carbocycles. The second kappa shape index (κ2) is 5.80. The third-order valence-electron chi connectivity index (χ3n) is 2.86. The van der Waals surface area contributed by atoms with Crippen LogP contribution in [-0.4, -0.2) is 9.78 Å². The minimum Gasteiger partial charge on any atom is -0.452 e. The molecule has 0 aliphatic rings. The lowest BCUT2D eigenvalue weighted by Crippen LogP contribution is -1.99. The van der Waals surface area contributed by atoms with E-state index in [0.29, 0.717) is 23.1 Å². The summed E-state index contributed by atoms with van der Waals surface area (Å²) in [6.45, 7) is 0.715. The van der Waals surface area contributed by atoms with Crippen molar-refractivity contribution in [2.75, 3.05) is 0 Å². The van der Waals surface area contributed by atoms with E-state index in [0.717, 1.165) is 0 Å². The molecule has 0 saturated carbocycles. The minimum atomic E-state index is 0.586. The molecule has 0 radical (unpaired) electrons. The maximum atomic E-state index is 6.06. The second-order valence-electron chi connectivity index (χ2n) is 4.39. The van der Waals surface area contributed by atoms with Crippen LogP contribution < -0.4 is 4.74 Å². The zero-order chi connectivity index (χ0) is 13.8. The molecule has 100 valence electrons. The van der Waals surface area contributed by atoms with Crippen molar-refractivity contribution >= 4 is 11.6 Å². The van der Waals surface area contributed by atoms with E-state index >= 15 is 0 Å². The number of para-hydroxylation sites is 1. The van der Waals surface area contributed by atoms with Gasteiger partial charge in [-0.3, -0.25) is 4.68 Å². The van der Waals surface area contributed by atoms with Gasteiger partial charge in [-0.25, -0.2) is 0 Å². The molecule has 20 heavy (non-hydrogen) atoms. The summed E-state index contributed by atoms with van der Waals surface area (Å²) in [6, 6.07) is 17.5. The van der Waals surface area contributed by atoms with Crippen molar-refractivity contribution in [3.8, 4) is 11.5 Å². The maximum Gasteiger partial charge on any atom is 0.165 e. The Hall–Kier alpha value is -2.26. The van der Waals surface area contributed by atoms with E-state index < -0.39 is 0 Å². The van der Waals surface area contributed by atoms with Gasteiger partial charge >= 0.3 is 0 Å². The van der Waals surface area contributed by atoms with Crippen LogP contribution in [0.15, 0.2) is 67.0 Å². The van der Waals surface area contributed by atoms with Crippen LogP contribution in [-0.2, 0) is 6.54 Å². The van der Waals surface area contributed by atoms with Gasteiger partial charge in [0.15, 0.2) is 5.75 Å². The first-order valence-corrected chi connectivity index (χ1v) is 6.68. The van der Waals surface area contributed by atoms with Crippen molar-refractivity contribution in [1.82, 2.24) is 9.78 Å². The number of hydrogen-bond donors (Lipinski definition) is 0. The molecule has 0 N–H and O–H groups in total. The van der Waals surface area contributed by atoms with E-state index in [9.17, 15) is 0 Å². The molecule has 3 rings (SSSR count). The Bertz CT molecular complexity index is 694. The van der Waals surface area contributed by atoms with Gasteiger partial charge < -0.3 is 4.74 Å². The molecule has 1 aromatic heterocycles. The lowest BCUT2D eigenvalue weighted by atomic mass is 10.2. The summed E-state index contributed by atoms with van der Waals surface area (Å²) in [5, 5.41) is 4.87. The van der Waals surface area contributed by atoms with Crippen molar-refractivity contribution in [1.29, 1.82) is 0 Å². The second-order valence-corrected chi connectivity index (χ2v) is 4.80. The molecular weight excluding hydrogens is 272 g/mol. The fourth-order valence-corrected chi connectivity index (χ4v) is 2.08. The molecule has 0 bridgehead atoms. The maximum absolute atomic E-state index is 6.06. The summed E-state index contributed by atoms with van der Waals surface area (Å²) < 4.78 is 7.55. The number of aromatic nitrogens is 2. The summed E-state index contributed by atoms with van der Waals surface area (Å²) in [4.78, 5) is 0. The van der Waals surface area contributed by atoms with E-state index in [1.54, 1.807) is 12.3 Å². The van der Waals surface area contributed by atoms with Crippen LogP contribution in [0.3, 0.4) is 0 Å². The zero-order valence-corrected chi connectivity index (χ0v) is 11.5. The van der Waals surface area contributed by atoms with E-state index in [2.05, 4.69) is 17.2 Å². The van der Waals surface area contributed by atoms with E-state index in [-0.39, 0.29) is 0 Å². The third kappa shape index (κ3) is 3.00. The quantitative estimate of drug-likeness (QED) is 0.711. The fourth-order valence-electron chi connectivity index (χ4n) is 1.91. The minimum absolute atomic E-state index is 0.586. The van der Waals surface area contributed by atoms with Crippen LogP contribution in [0, 0.1) is 0 Å². The van der Waals surface area contributed by atoms with Gasteiger partial charge in [-0.2, -0.15) is 5.10 Å². The highest BCUT2D eigenvalue weighted by Gasteiger charge is 2.04. The standard InChI is InChI=1S/C16H13ClN2O/c17-15-8-4-5-9-16(15)20-14-10-18-19(12-14)11-13-6-2-1-3-7-13/h1-10,12H,11H2. The van der Waals surface area contributed by atoms with Gasteiger partial charge in [-0.15, -0.1) is 0 Å². The molecule has 1 heterocycles. The predicted molar refractivity (Wildman–Crippen MR) is 79.3 cm³/mol. The highest BCUT2D eigenvalue weighted by molar-refractivity contribution is 6.32. The van der Waals surface area contributed by atoms with Crippen LogP contribution in [0.5, 0.6) is 11.5 Å². The summed E-state index contributed by atoms with van der Waals surface area (Å²) in [6.07, 6.45) is 3.54. The van der Waals surface area contributed by atoms with Gasteiger partial charge in [0.05, 0.1) is 24.0 Å². The lowest BCUT2D eigenvalue weighted by Gasteiger charge is -2.04. The monoisotopic (exact) mass is 284 g/mol. The summed E-state index contributed by atoms with van der Waals surface area (Å²) in [5.41, 5.74) is 1.19. The highest BCUT2D eigenvalue weighted by Crippen LogP contribution is 2.28. The van der Waals surface area contributed by atoms with Gasteiger partial charge in [0.1, 0.15) is 5.75 Å². The number of nitrogens with zero attached hydrogens (tertiary/aromatic N) is 2. The Labute approximate surface area is 122 Å². The lowest BCUT2D eigenvalue weighted by molar-refractivity contribution is 0.482. The average molecular weight is 285 g/mol. The first-order valence-electron chi connectivity index (χ1n) is 6.30. The Kier molecular flexibility index (Phi) is 3.70. The first kappa shape index (κ1) is 12.8. The van der Waals surface area contributed by atoms with E-state index in [4.69, 9.17) is 16.3 Å². The highest BCUT2D eigenvalue weighted by atomic mass is 35.5. The molecular formula is C16H13ClN2O. The molecule has 0 unspecified atom stereocenters. The smallest absolute Gasteiger partial charge is 0.165 e. The first-order chi connectivity index (χ1) is 9.81. The average Bonchev–Trinajstić information content (AvgIpc) is 2.90. The predicted octanol–water partition coefficient (Wildman–Crippen LogP) is 4.38. The van der Waals surface area contributed by atoms with Gasteiger partial charge in [-0.05, 0) is 17.7 Å². The number of ether oxygens (including phenoxy) is 1. The van der Waals surface area contributed by atoms with Gasteiger partial charge in [0, 0.05) is 0 Å². The van der Waals surface area contributed by atoms with Crippen molar-refractivity contribution < 1.29 is 4.74 Å². The zero-order valence-electron chi connectivity index (χ0n) is 10.7. The Balaban J connectivity index is 1.73. The third-order valence-corrected chi connectivity index (χ3v) is 3.17. The normalized spacial score (nSPS) is 10.4. The summed E-state index contributed by atoms with van der Waals surface area (Å²) in [7, 11) is 0. The van der Waals surface area contributed by atoms with Crippen LogP contribution in [0.25, 0.3) is 0 Å². The summed E-state index contributed by atoms with van der Waals surface area (Å²) in [5.74, 6) is 1.31. The molecule has 0 aliphatic heterocycles. The van der Waals surface area contributed by atoms with Crippen molar-refractivity contribution in [2.45, 2.75) is 6.54 Å². The van der Waals surface area contributed by atoms with E-state index in [1.165, 1.54) is 5.56 Å². The number of rotatable bonds is 4. The van der Waals surface area contributed by atoms with E-state index in [1.807, 2.05) is 47.3 Å². The Morgan fingerprint density at radius 2 is 1.75 bits per heavy atom. The number of hydrogen-bond acceptors (Lipinski definition) is 2. The van der Waals surface area contributed by atoms with Gasteiger partial charge in [0.25, 0.3) is 0 Å². The topological polar surface area (TPSA) is 27.1 Å². The fraction of sp³-hybridized carbons (Fsp3) is 0.0625. The van der Waals surface area contributed by atoms with Crippen molar-refractivity contribution in [3.05, 3.63) is 77.6 Å². The van der Waals surface area contributed by atoms with Crippen LogP contribution in [0.1, 0.15) is 5.56 Å². The largest absolute Gasteiger partial charge is 0.452 e. The number of halogens is 1. The van der Waals surface area contributed by atoms with Gasteiger partial charge in [0.2, 0.25) is 0 Å². The van der Waals surface area contributed by atoms with Crippen LogP contribution in [0.4, 0.5) is 0 Å². The van der Waals surface area contributed by atoms with Crippen LogP contribution in [0.2, 0.25) is 5.02 Å². The van der Waals surface area contributed by atoms with Gasteiger partial charge in [-0.1, -0.05) is 54.1 Å². The Morgan fingerprint density at radius 3 is 2.55 bits per heavy atom. The molecule has 0 atom stereocenters. The molecule has 2 aromatic carbocycles. The molecule has 3 aromatic rings. The Morgan fingerprint density at radius 1 is 1.00 bits per heavy atom. The summed E-state index contributed by atoms with van der Waals surface area (Å²) >= 11 is 6.06.